The number of fused-ring (bicyclic) bond motifs is 3. The van der Waals surface area contributed by atoms with Crippen LogP contribution in [0.5, 0.6) is 0 Å². The summed E-state index contributed by atoms with van der Waals surface area (Å²) in [6.07, 6.45) is 7.18. The van der Waals surface area contributed by atoms with Gasteiger partial charge in [-0.2, -0.15) is 9.50 Å². The molecule has 9 nitrogen and oxygen atoms in total. The number of halogens is 5. The average Bonchev–Trinajstić information content (AvgIpc) is 3.40. The number of allylic oxidation sites excluding steroid dienone is 2. The van der Waals surface area contributed by atoms with Crippen LogP contribution in [0.4, 0.5) is 30.8 Å². The zero-order valence-electron chi connectivity index (χ0n) is 23.0. The molecule has 4 heterocycles. The predicted molar refractivity (Wildman–Crippen MR) is 152 cm³/mol. The van der Waals surface area contributed by atoms with E-state index in [-0.39, 0.29) is 35.1 Å². The fourth-order valence-corrected chi connectivity index (χ4v) is 6.79. The number of amides is 1. The van der Waals surface area contributed by atoms with Gasteiger partial charge in [0.25, 0.3) is 5.56 Å². The molecule has 1 amide bonds. The molecule has 3 aromatic rings. The first kappa shape index (κ1) is 28.6. The van der Waals surface area contributed by atoms with Crippen LogP contribution in [-0.2, 0) is 4.79 Å². The molecule has 0 saturated carbocycles. The van der Waals surface area contributed by atoms with Crippen LogP contribution in [0.15, 0.2) is 40.0 Å². The van der Waals surface area contributed by atoms with E-state index in [1.165, 1.54) is 4.52 Å². The SMILES string of the molecule is C[C@H]1C[C@@H](C(=O)Nc2ccc(S(F)(F)(F)(F)F)cc2)n2c1c(N1CCNCC1)c(=O)n1nc(C3=CCCCCC3)nc21. The summed E-state index contributed by atoms with van der Waals surface area (Å²) in [7, 11) is -9.85. The molecule has 6 rings (SSSR count). The number of nitrogens with one attached hydrogen (secondary N) is 2. The zero-order valence-corrected chi connectivity index (χ0v) is 23.8. The molecule has 2 aliphatic heterocycles. The first-order chi connectivity index (χ1) is 19.7. The molecule has 228 valence electrons. The predicted octanol–water partition coefficient (Wildman–Crippen LogP) is 5.99. The highest BCUT2D eigenvalue weighted by Gasteiger charge is 2.65. The van der Waals surface area contributed by atoms with Gasteiger partial charge in [-0.3, -0.25) is 14.2 Å². The monoisotopic (exact) mass is 613 g/mol. The van der Waals surface area contributed by atoms with Crippen molar-refractivity contribution in [2.75, 3.05) is 36.4 Å². The second-order valence-electron chi connectivity index (χ2n) is 11.3. The van der Waals surface area contributed by atoms with Crippen LogP contribution in [0.25, 0.3) is 11.4 Å². The van der Waals surface area contributed by atoms with E-state index in [9.17, 15) is 29.0 Å². The molecule has 2 atom stereocenters. The first-order valence-corrected chi connectivity index (χ1v) is 16.0. The Labute approximate surface area is 238 Å². The topological polar surface area (TPSA) is 96.6 Å². The molecule has 1 saturated heterocycles. The number of carbonyl (C=O) groups is 1. The van der Waals surface area contributed by atoms with Crippen LogP contribution < -0.4 is 21.1 Å². The Kier molecular flexibility index (Phi) is 6.50. The van der Waals surface area contributed by atoms with Gasteiger partial charge in [-0.25, -0.2) is 0 Å². The summed E-state index contributed by atoms with van der Waals surface area (Å²) in [5.41, 5.74) is 1.69. The molecule has 0 unspecified atom stereocenters. The van der Waals surface area contributed by atoms with Gasteiger partial charge in [0.05, 0.1) is 5.69 Å². The maximum Gasteiger partial charge on any atom is 0.310 e. The summed E-state index contributed by atoms with van der Waals surface area (Å²) in [5, 5.41) is 10.5. The lowest BCUT2D eigenvalue weighted by atomic mass is 10.0. The van der Waals surface area contributed by atoms with Gasteiger partial charge in [0.15, 0.2) is 5.82 Å². The van der Waals surface area contributed by atoms with Crippen LogP contribution in [0, 0.1) is 0 Å². The molecule has 3 aliphatic rings. The van der Waals surface area contributed by atoms with Crippen molar-refractivity contribution < 1.29 is 24.2 Å². The number of benzene rings is 1. The fourth-order valence-electron chi connectivity index (χ4n) is 6.14. The maximum absolute atomic E-state index is 13.9. The van der Waals surface area contributed by atoms with Crippen LogP contribution in [0.1, 0.15) is 68.9 Å². The van der Waals surface area contributed by atoms with Crippen molar-refractivity contribution in [1.82, 2.24) is 24.5 Å². The van der Waals surface area contributed by atoms with Crippen molar-refractivity contribution >= 4 is 38.9 Å². The van der Waals surface area contributed by atoms with Gasteiger partial charge in [0.2, 0.25) is 11.7 Å². The van der Waals surface area contributed by atoms with Gasteiger partial charge < -0.3 is 15.5 Å². The second kappa shape index (κ2) is 9.53. The molecule has 1 aliphatic carbocycles. The van der Waals surface area contributed by atoms with Crippen molar-refractivity contribution in [2.24, 2.45) is 0 Å². The lowest BCUT2D eigenvalue weighted by molar-refractivity contribution is -0.119. The molecule has 1 fully saturated rings. The number of hydrogen-bond acceptors (Lipinski definition) is 6. The second-order valence-corrected chi connectivity index (χ2v) is 13.7. The number of anilines is 2. The van der Waals surface area contributed by atoms with E-state index in [2.05, 4.69) is 21.8 Å². The number of nitrogens with zero attached hydrogens (tertiary/aromatic N) is 5. The minimum absolute atomic E-state index is 0.0585. The Morgan fingerprint density at radius 2 is 1.76 bits per heavy atom. The van der Waals surface area contributed by atoms with Crippen molar-refractivity contribution in [3.63, 3.8) is 0 Å². The summed E-state index contributed by atoms with van der Waals surface area (Å²) in [6, 6.07) is 1.29. The third-order valence-electron chi connectivity index (χ3n) is 8.19. The van der Waals surface area contributed by atoms with Crippen LogP contribution in [-0.4, -0.2) is 51.3 Å². The Bertz CT molecular complexity index is 1650. The average molecular weight is 614 g/mol. The Morgan fingerprint density at radius 3 is 2.45 bits per heavy atom. The molecule has 42 heavy (non-hydrogen) atoms. The van der Waals surface area contributed by atoms with E-state index in [1.54, 1.807) is 4.57 Å². The molecule has 0 radical (unpaired) electrons. The molecule has 2 N–H and O–H groups in total. The summed E-state index contributed by atoms with van der Waals surface area (Å²) in [6.45, 7) is 4.44. The van der Waals surface area contributed by atoms with E-state index < -0.39 is 27.1 Å². The minimum atomic E-state index is -9.85. The third kappa shape index (κ3) is 5.27. The van der Waals surface area contributed by atoms with Gasteiger partial charge >= 0.3 is 10.2 Å². The van der Waals surface area contributed by atoms with Crippen LogP contribution in [0.2, 0.25) is 0 Å². The summed E-state index contributed by atoms with van der Waals surface area (Å²) in [4.78, 5) is 32.3. The van der Waals surface area contributed by atoms with E-state index in [0.29, 0.717) is 49.8 Å². The molecular weight excluding hydrogens is 581 g/mol. The number of carbonyl (C=O) groups excluding carboxylic acids is 1. The fraction of sp³-hybridized carbons (Fsp3) is 0.481. The van der Waals surface area contributed by atoms with Crippen molar-refractivity contribution in [3.05, 3.63) is 52.2 Å². The molecule has 0 bridgehead atoms. The lowest BCUT2D eigenvalue weighted by Crippen LogP contribution is -2.46. The van der Waals surface area contributed by atoms with E-state index in [1.807, 2.05) is 11.8 Å². The van der Waals surface area contributed by atoms with Crippen molar-refractivity contribution in [2.45, 2.75) is 62.3 Å². The zero-order chi connectivity index (χ0) is 29.9. The molecule has 1 aromatic carbocycles. The molecule has 15 heteroatoms. The minimum Gasteiger partial charge on any atom is -0.363 e. The summed E-state index contributed by atoms with van der Waals surface area (Å²) in [5.74, 6) is -0.131. The smallest absolute Gasteiger partial charge is 0.310 e. The van der Waals surface area contributed by atoms with Crippen LogP contribution in [0.3, 0.4) is 0 Å². The largest absolute Gasteiger partial charge is 0.363 e. The number of hydrogen-bond donors (Lipinski definition) is 2. The molecule has 0 spiro atoms. The highest BCUT2D eigenvalue weighted by Crippen LogP contribution is 3.02. The summed E-state index contributed by atoms with van der Waals surface area (Å²) >= 11 is 0. The van der Waals surface area contributed by atoms with Gasteiger partial charge in [0.1, 0.15) is 16.6 Å². The molecule has 2 aromatic heterocycles. The van der Waals surface area contributed by atoms with Gasteiger partial charge in [-0.15, -0.1) is 5.10 Å². The normalized spacial score (nSPS) is 23.1. The standard InChI is InChI=1S/C27H32F5N7O2S/c1-17-16-21(25(40)34-19-8-10-20(11-9-19)42(28,29,30,31)32)38-22(17)23(37-14-12-33-13-15-37)26(41)39-27(38)35-24(36-39)18-6-4-2-3-5-7-18/h6,8-11,17,21,33H,2-5,7,12-16H2,1H3,(H,34,40)/t17-,21-/m0/s1. The highest BCUT2D eigenvalue weighted by molar-refractivity contribution is 8.45. The lowest BCUT2D eigenvalue weighted by Gasteiger charge is -2.40. The van der Waals surface area contributed by atoms with E-state index in [4.69, 9.17) is 4.98 Å². The Morgan fingerprint density at radius 1 is 1.05 bits per heavy atom. The highest BCUT2D eigenvalue weighted by atomic mass is 32.5. The number of rotatable bonds is 5. The third-order valence-corrected chi connectivity index (χ3v) is 9.35. The van der Waals surface area contributed by atoms with Crippen molar-refractivity contribution in [3.8, 4) is 0 Å². The maximum atomic E-state index is 13.9. The first-order valence-electron chi connectivity index (χ1n) is 14.1. The quantitative estimate of drug-likeness (QED) is 0.343. The Balaban J connectivity index is 1.43. The molecular formula is C27H32F5N7O2S. The van der Waals surface area contributed by atoms with Crippen LogP contribution >= 0.6 is 10.2 Å². The van der Waals surface area contributed by atoms with Gasteiger partial charge in [-0.1, -0.05) is 38.8 Å². The van der Waals surface area contributed by atoms with Gasteiger partial charge in [0, 0.05) is 37.8 Å². The van der Waals surface area contributed by atoms with Gasteiger partial charge in [-0.05, 0) is 61.9 Å². The van der Waals surface area contributed by atoms with E-state index in [0.717, 1.165) is 49.8 Å². The van der Waals surface area contributed by atoms with E-state index >= 15 is 0 Å². The summed E-state index contributed by atoms with van der Waals surface area (Å²) < 4.78 is 68.9. The van der Waals surface area contributed by atoms with Crippen molar-refractivity contribution in [1.29, 1.82) is 0 Å². The number of aromatic nitrogens is 4. The Hall–Kier alpha value is -3.46. The number of piperazine rings is 1.